The Morgan fingerprint density at radius 1 is 0.328 bits per heavy atom. The van der Waals surface area contributed by atoms with E-state index >= 15 is 0 Å². The molecular formula is C98H109ClFN15O13. The fraction of sp³-hybridized carbons (Fsp3) is 0.286. The third kappa shape index (κ3) is 33.2. The molecule has 0 radical (unpaired) electrons. The van der Waals surface area contributed by atoms with Crippen molar-refractivity contribution in [2.75, 3.05) is 80.4 Å². The minimum atomic E-state index is -0.308. The van der Waals surface area contributed by atoms with Crippen LogP contribution in [0.1, 0.15) is 99.5 Å². The van der Waals surface area contributed by atoms with Crippen LogP contribution in [-0.4, -0.2) is 144 Å². The highest BCUT2D eigenvalue weighted by Gasteiger charge is 2.22. The first kappa shape index (κ1) is 94.2. The highest BCUT2D eigenvalue weighted by atomic mass is 35.5. The molecule has 15 rings (SSSR count). The zero-order valence-electron chi connectivity index (χ0n) is 71.8. The van der Waals surface area contributed by atoms with Crippen molar-refractivity contribution in [1.29, 1.82) is 0 Å². The van der Waals surface area contributed by atoms with Crippen molar-refractivity contribution in [3.8, 4) is 17.2 Å². The van der Waals surface area contributed by atoms with Crippen LogP contribution in [0.2, 0.25) is 5.02 Å². The van der Waals surface area contributed by atoms with Crippen LogP contribution in [0.15, 0.2) is 268 Å². The number of amides is 5. The highest BCUT2D eigenvalue weighted by molar-refractivity contribution is 6.30. The molecule has 5 atom stereocenters. The van der Waals surface area contributed by atoms with Crippen LogP contribution in [-0.2, 0) is 101 Å². The first-order valence-electron chi connectivity index (χ1n) is 42.3. The number of methoxy groups -OCH3 is 2. The highest BCUT2D eigenvalue weighted by Crippen LogP contribution is 2.25. The van der Waals surface area contributed by atoms with Crippen LogP contribution in [0.4, 0.5) is 32.8 Å². The maximum atomic E-state index is 12.9. The van der Waals surface area contributed by atoms with Crippen LogP contribution >= 0.6 is 11.6 Å². The Bertz CT molecular complexity index is 5250. The number of ether oxygens (including phenoxy) is 8. The number of aryl methyl sites for hydroxylation is 5. The number of carbonyl (C=O) groups is 5. The predicted octanol–water partition coefficient (Wildman–Crippen LogP) is 13.8. The normalized spacial score (nSPS) is 16.0. The molecule has 15 N–H and O–H groups in total. The monoisotopic (exact) mass is 1760 g/mol. The van der Waals surface area contributed by atoms with Gasteiger partial charge in [-0.15, -0.1) is 0 Å². The van der Waals surface area contributed by atoms with Gasteiger partial charge in [0.25, 0.3) is 36.0 Å². The second-order valence-electron chi connectivity index (χ2n) is 30.6. The van der Waals surface area contributed by atoms with Crippen molar-refractivity contribution in [1.82, 2.24) is 0 Å². The second-order valence-corrected chi connectivity index (χ2v) is 31.0. The van der Waals surface area contributed by atoms with E-state index in [0.717, 1.165) is 138 Å². The number of anilines is 5. The molecule has 5 aliphatic heterocycles. The maximum Gasteiger partial charge on any atom is 0.282 e. The molecule has 0 aliphatic carbocycles. The van der Waals surface area contributed by atoms with Gasteiger partial charge in [-0.3, -0.25) is 24.0 Å². The lowest BCUT2D eigenvalue weighted by Gasteiger charge is -2.08. The Hall–Kier alpha value is -14.5. The predicted molar refractivity (Wildman–Crippen MR) is 499 cm³/mol. The lowest BCUT2D eigenvalue weighted by Crippen LogP contribution is -2.14. The number of nitrogens with two attached hydrogens (primary N) is 5. The van der Waals surface area contributed by atoms with E-state index in [4.69, 9.17) is 78.2 Å². The van der Waals surface area contributed by atoms with Gasteiger partial charge in [0.1, 0.15) is 56.1 Å². The number of nitrogens with zero attached hydrogens (tertiary/aromatic N) is 5. The lowest BCUT2D eigenvalue weighted by molar-refractivity contribution is -0.116. The third-order valence-electron chi connectivity index (χ3n) is 20.7. The number of carbonyl (C=O) groups excluding carboxylic acids is 5. The average molecular weight is 1760 g/mol. The number of halogens is 2. The summed E-state index contributed by atoms with van der Waals surface area (Å²) in [4.78, 5) is 81.8. The van der Waals surface area contributed by atoms with E-state index in [1.807, 2.05) is 189 Å². The first-order chi connectivity index (χ1) is 62.0. The summed E-state index contributed by atoms with van der Waals surface area (Å²) in [6, 6.07) is 76.5. The van der Waals surface area contributed by atoms with E-state index in [-0.39, 0.29) is 102 Å². The van der Waals surface area contributed by atoms with E-state index in [9.17, 15) is 28.4 Å². The van der Waals surface area contributed by atoms with Gasteiger partial charge in [-0.25, -0.2) is 29.4 Å². The molecule has 10 aromatic carbocycles. The molecule has 0 saturated carbocycles. The van der Waals surface area contributed by atoms with Gasteiger partial charge in [0.2, 0.25) is 23.6 Å². The van der Waals surface area contributed by atoms with Crippen molar-refractivity contribution < 1.29 is 66.3 Å². The van der Waals surface area contributed by atoms with E-state index in [2.05, 4.69) is 51.5 Å². The molecule has 0 aromatic heterocycles. The molecular weight excluding hydrogens is 1650 g/mol. The third-order valence-corrected chi connectivity index (χ3v) is 20.9. The van der Waals surface area contributed by atoms with E-state index in [0.29, 0.717) is 69.5 Å². The smallest absolute Gasteiger partial charge is 0.282 e. The number of benzene rings is 10. The van der Waals surface area contributed by atoms with Gasteiger partial charge in [0.15, 0.2) is 0 Å². The minimum Gasteiger partial charge on any atom is -0.497 e. The van der Waals surface area contributed by atoms with Gasteiger partial charge in [0, 0.05) is 39.0 Å². The van der Waals surface area contributed by atoms with Crippen molar-refractivity contribution in [3.63, 3.8) is 0 Å². The quantitative estimate of drug-likeness (QED) is 0.0183. The van der Waals surface area contributed by atoms with Gasteiger partial charge in [-0.1, -0.05) is 121 Å². The van der Waals surface area contributed by atoms with Gasteiger partial charge >= 0.3 is 0 Å². The Morgan fingerprint density at radius 3 is 0.797 bits per heavy atom. The molecule has 5 amide bonds. The standard InChI is InChI=1S/C21H25N3O3.C20H23N3O3.C19H20ClN3O2.C19H20FN3O2.C19H21N3O3/c1-2-26-19-11-6-16(7-12-19)13-20(25)23-17-8-3-15(4-9-17)5-10-18-14-27-21(22)24-18;1-25-18-10-5-15(6-11-18)12-19(24)22-16-7-2-14(3-8-16)4-9-17-13-26-20(21)23-17;2*20-15-6-1-14(2-7-15)11-18(24)22-16-8-3-13(4-9-16)5-10-17-12-25-19(21)23-17;1-24-17-10-5-14(6-11-17)18(23)21-15-7-2-13(3-8-15)4-9-16-12-25-19(20)22-16/h3-4,6-9,11-12,18H,2,5,10,13-14H2,1H3,(H2,22,24)(H,23,25);2-3,5-8,10-11,17H,4,9,12-13H2,1H3,(H2,21,23)(H,22,24);2*1-4,6-9,17H,5,10-12H2,(H2,21,23)(H,22,24);2-3,5-8,10-11,16H,4,9,12H2,1H3,(H2,20,22)(H,21,23)/t18-;3*17-;16-/m00000/s1. The summed E-state index contributed by atoms with van der Waals surface area (Å²) in [5.74, 6) is 1.59. The summed E-state index contributed by atoms with van der Waals surface area (Å²) in [7, 11) is 3.22. The molecule has 28 nitrogen and oxygen atoms in total. The molecule has 128 heavy (non-hydrogen) atoms. The number of rotatable bonds is 33. The number of nitrogens with one attached hydrogen (secondary N) is 5. The number of amidine groups is 5. The van der Waals surface area contributed by atoms with Crippen LogP contribution < -0.4 is 69.5 Å². The molecule has 5 heterocycles. The Morgan fingerprint density at radius 2 is 0.555 bits per heavy atom. The topological polar surface area (TPSA) is 411 Å². The molecule has 0 spiro atoms. The SMILES string of the molecule is CCOc1ccc(CC(=O)Nc2ccc(CC[C@H]3COC(N)=N3)cc2)cc1.COc1ccc(C(=O)Nc2ccc(CC[C@H]3COC(N)=N3)cc2)cc1.COc1ccc(CC(=O)Nc2ccc(CC[C@H]3COC(N)=N3)cc2)cc1.NC1=N[C@@H](CCc2ccc(NC(=O)Cc3ccc(Cl)cc3)cc2)CO1.NC1=N[C@@H](CCc2ccc(NC(=O)Cc3ccc(F)cc3)cc2)CO1. The van der Waals surface area contributed by atoms with Gasteiger partial charge < -0.3 is 93.1 Å². The molecule has 5 aliphatic rings. The lowest BCUT2D eigenvalue weighted by atomic mass is 10.1. The summed E-state index contributed by atoms with van der Waals surface area (Å²) in [6.45, 7) is 5.36. The average Bonchev–Trinajstić information content (AvgIpc) is 1.61. The molecule has 10 aromatic rings. The zero-order valence-corrected chi connectivity index (χ0v) is 72.6. The van der Waals surface area contributed by atoms with E-state index in [1.165, 1.54) is 34.4 Å². The minimum absolute atomic E-state index is 0.0418. The van der Waals surface area contributed by atoms with Crippen LogP contribution in [0, 0.1) is 5.82 Å². The number of hydrogen-bond donors (Lipinski definition) is 10. The summed E-state index contributed by atoms with van der Waals surface area (Å²) < 4.78 is 54.2. The van der Waals surface area contributed by atoms with E-state index < -0.39 is 0 Å². The molecule has 0 bridgehead atoms. The molecule has 0 saturated heterocycles. The second kappa shape index (κ2) is 49.3. The summed E-state index contributed by atoms with van der Waals surface area (Å²) >= 11 is 5.85. The summed E-state index contributed by atoms with van der Waals surface area (Å²) in [5, 5.41) is 15.2. The van der Waals surface area contributed by atoms with Crippen LogP contribution in [0.25, 0.3) is 0 Å². The fourth-order valence-electron chi connectivity index (χ4n) is 13.7. The molecule has 30 heteroatoms. The summed E-state index contributed by atoms with van der Waals surface area (Å²) in [5.41, 5.74) is 41.5. The molecule has 0 unspecified atom stereocenters. The van der Waals surface area contributed by atoms with Crippen LogP contribution in [0.5, 0.6) is 17.2 Å². The number of hydrogen-bond acceptors (Lipinski definition) is 23. The largest absolute Gasteiger partial charge is 0.497 e. The van der Waals surface area contributed by atoms with Crippen molar-refractivity contribution in [2.45, 2.75) is 127 Å². The molecule has 0 fully saturated rings. The van der Waals surface area contributed by atoms with Gasteiger partial charge in [0.05, 0.1) is 76.7 Å². The zero-order chi connectivity index (χ0) is 90.4. The molecule has 668 valence electrons. The Labute approximate surface area is 749 Å². The van der Waals surface area contributed by atoms with Crippen LogP contribution in [0.3, 0.4) is 0 Å². The van der Waals surface area contributed by atoms with Gasteiger partial charge in [-0.05, 0) is 255 Å². The Kier molecular flexibility index (Phi) is 36.3. The van der Waals surface area contributed by atoms with Crippen molar-refractivity contribution in [3.05, 3.63) is 309 Å². The van der Waals surface area contributed by atoms with Gasteiger partial charge in [-0.2, -0.15) is 0 Å². The Balaban J connectivity index is 0.000000155. The summed E-state index contributed by atoms with van der Waals surface area (Å²) in [6.07, 6.45) is 10.1. The van der Waals surface area contributed by atoms with E-state index in [1.54, 1.807) is 62.8 Å². The van der Waals surface area contributed by atoms with Crippen molar-refractivity contribution >= 4 is 99.7 Å². The van der Waals surface area contributed by atoms with Crippen molar-refractivity contribution in [2.24, 2.45) is 53.6 Å². The number of aliphatic imine (C=N–C) groups is 5. The first-order valence-corrected chi connectivity index (χ1v) is 42.7. The maximum absolute atomic E-state index is 12.9. The fourth-order valence-corrected chi connectivity index (χ4v) is 13.8.